The van der Waals surface area contributed by atoms with E-state index < -0.39 is 0 Å². The van der Waals surface area contributed by atoms with Crippen LogP contribution in [-0.4, -0.2) is 36.1 Å². The number of rotatable bonds is 6. The maximum atomic E-state index is 12.1. The number of carbonyl (C=O) groups excluding carboxylic acids is 1. The van der Waals surface area contributed by atoms with Crippen molar-refractivity contribution in [3.63, 3.8) is 0 Å². The van der Waals surface area contributed by atoms with Gasteiger partial charge in [0.2, 0.25) is 0 Å². The minimum atomic E-state index is -0.133. The lowest BCUT2D eigenvalue weighted by Gasteiger charge is -2.18. The molecule has 0 unspecified atom stereocenters. The fourth-order valence-electron chi connectivity index (χ4n) is 1.61. The highest BCUT2D eigenvalue weighted by molar-refractivity contribution is 6.43. The lowest BCUT2D eigenvalue weighted by Crippen LogP contribution is -2.28. The molecule has 1 rings (SSSR count). The third-order valence-corrected chi connectivity index (χ3v) is 3.50. The average Bonchev–Trinajstić information content (AvgIpc) is 2.37. The normalized spacial score (nSPS) is 10.4. The Hall–Kier alpha value is -0.770. The molecule has 0 fully saturated rings. The van der Waals surface area contributed by atoms with Crippen LogP contribution in [0.2, 0.25) is 10.0 Å². The molecule has 18 heavy (non-hydrogen) atoms. The van der Waals surface area contributed by atoms with E-state index in [0.717, 1.165) is 19.3 Å². The van der Waals surface area contributed by atoms with Crippen LogP contribution >= 0.6 is 23.2 Å². The molecule has 100 valence electrons. The van der Waals surface area contributed by atoms with E-state index in [1.165, 1.54) is 0 Å². The zero-order valence-electron chi connectivity index (χ0n) is 10.3. The fourth-order valence-corrected chi connectivity index (χ4v) is 2.00. The number of carbonyl (C=O) groups is 1. The van der Waals surface area contributed by atoms with Gasteiger partial charge < -0.3 is 10.0 Å². The number of halogens is 2. The maximum absolute atomic E-state index is 12.1. The number of nitrogens with zero attached hydrogens (tertiary/aromatic N) is 1. The molecule has 0 aliphatic heterocycles. The van der Waals surface area contributed by atoms with E-state index in [-0.39, 0.29) is 12.5 Å². The predicted octanol–water partition coefficient (Wildman–Crippen LogP) is 3.23. The number of hydrogen-bond acceptors (Lipinski definition) is 2. The van der Waals surface area contributed by atoms with Gasteiger partial charge in [0.05, 0.1) is 15.6 Å². The summed E-state index contributed by atoms with van der Waals surface area (Å²) < 4.78 is 0. The standard InChI is InChI=1S/C13H17Cl2NO2/c1-16(8-3-2-4-9-17)13(18)10-6-5-7-11(14)12(10)15/h5-7,17H,2-4,8-9H2,1H3. The third-order valence-electron chi connectivity index (χ3n) is 2.68. The van der Waals surface area contributed by atoms with Crippen molar-refractivity contribution in [1.82, 2.24) is 4.90 Å². The molecular formula is C13H17Cl2NO2. The van der Waals surface area contributed by atoms with Crippen molar-refractivity contribution in [1.29, 1.82) is 0 Å². The highest BCUT2D eigenvalue weighted by Gasteiger charge is 2.16. The molecule has 0 spiro atoms. The summed E-state index contributed by atoms with van der Waals surface area (Å²) in [5.74, 6) is -0.133. The first-order valence-corrected chi connectivity index (χ1v) is 6.64. The van der Waals surface area contributed by atoms with Gasteiger partial charge in [0.25, 0.3) is 5.91 Å². The molecule has 0 heterocycles. The molecular weight excluding hydrogens is 273 g/mol. The Morgan fingerprint density at radius 1 is 1.28 bits per heavy atom. The molecule has 1 N–H and O–H groups in total. The Morgan fingerprint density at radius 2 is 2.00 bits per heavy atom. The van der Waals surface area contributed by atoms with Crippen LogP contribution in [0.3, 0.4) is 0 Å². The average molecular weight is 290 g/mol. The molecule has 3 nitrogen and oxygen atoms in total. The van der Waals surface area contributed by atoms with Gasteiger partial charge in [0, 0.05) is 20.2 Å². The van der Waals surface area contributed by atoms with Crippen molar-refractivity contribution in [3.8, 4) is 0 Å². The molecule has 1 aromatic rings. The molecule has 0 aromatic heterocycles. The van der Waals surface area contributed by atoms with Crippen LogP contribution in [0.5, 0.6) is 0 Å². The molecule has 1 amide bonds. The highest BCUT2D eigenvalue weighted by atomic mass is 35.5. The van der Waals surface area contributed by atoms with Crippen molar-refractivity contribution in [3.05, 3.63) is 33.8 Å². The summed E-state index contributed by atoms with van der Waals surface area (Å²) in [6, 6.07) is 5.03. The smallest absolute Gasteiger partial charge is 0.255 e. The van der Waals surface area contributed by atoms with Crippen LogP contribution in [0, 0.1) is 0 Å². The summed E-state index contributed by atoms with van der Waals surface area (Å²) >= 11 is 11.9. The largest absolute Gasteiger partial charge is 0.396 e. The first-order chi connectivity index (χ1) is 8.57. The lowest BCUT2D eigenvalue weighted by molar-refractivity contribution is 0.0792. The number of benzene rings is 1. The van der Waals surface area contributed by atoms with Crippen LogP contribution in [-0.2, 0) is 0 Å². The monoisotopic (exact) mass is 289 g/mol. The second kappa shape index (κ2) is 7.62. The van der Waals surface area contributed by atoms with Gasteiger partial charge in [-0.15, -0.1) is 0 Å². The molecule has 0 atom stereocenters. The maximum Gasteiger partial charge on any atom is 0.255 e. The minimum absolute atomic E-state index is 0.133. The molecule has 0 radical (unpaired) electrons. The van der Waals surface area contributed by atoms with Gasteiger partial charge in [0.15, 0.2) is 0 Å². The van der Waals surface area contributed by atoms with Crippen LogP contribution in [0.4, 0.5) is 0 Å². The Bertz CT molecular complexity index is 410. The Kier molecular flexibility index (Phi) is 6.47. The van der Waals surface area contributed by atoms with E-state index >= 15 is 0 Å². The van der Waals surface area contributed by atoms with Gasteiger partial charge in [-0.3, -0.25) is 4.79 Å². The number of aliphatic hydroxyl groups is 1. The summed E-state index contributed by atoms with van der Waals surface area (Å²) in [5.41, 5.74) is 0.425. The van der Waals surface area contributed by atoms with Gasteiger partial charge in [-0.2, -0.15) is 0 Å². The van der Waals surface area contributed by atoms with Crippen molar-refractivity contribution in [2.24, 2.45) is 0 Å². The molecule has 0 saturated carbocycles. The van der Waals surface area contributed by atoms with Crippen molar-refractivity contribution < 1.29 is 9.90 Å². The predicted molar refractivity (Wildman–Crippen MR) is 74.4 cm³/mol. The van der Waals surface area contributed by atoms with E-state index in [4.69, 9.17) is 28.3 Å². The molecule has 1 aromatic carbocycles. The van der Waals surface area contributed by atoms with E-state index in [1.807, 2.05) is 0 Å². The summed E-state index contributed by atoms with van der Waals surface area (Å²) in [4.78, 5) is 13.7. The summed E-state index contributed by atoms with van der Waals surface area (Å²) in [6.07, 6.45) is 2.53. The van der Waals surface area contributed by atoms with Gasteiger partial charge in [-0.05, 0) is 31.4 Å². The Balaban J connectivity index is 2.60. The van der Waals surface area contributed by atoms with Gasteiger partial charge in [-0.1, -0.05) is 29.3 Å². The number of hydrogen-bond donors (Lipinski definition) is 1. The van der Waals surface area contributed by atoms with Gasteiger partial charge in [-0.25, -0.2) is 0 Å². The van der Waals surface area contributed by atoms with E-state index in [1.54, 1.807) is 30.1 Å². The second-order valence-corrected chi connectivity index (χ2v) is 4.90. The molecule has 0 saturated heterocycles. The van der Waals surface area contributed by atoms with Gasteiger partial charge >= 0.3 is 0 Å². The fraction of sp³-hybridized carbons (Fsp3) is 0.462. The third kappa shape index (κ3) is 4.16. The number of amides is 1. The van der Waals surface area contributed by atoms with Crippen molar-refractivity contribution in [2.75, 3.05) is 20.2 Å². The molecule has 0 aliphatic rings. The van der Waals surface area contributed by atoms with E-state index in [9.17, 15) is 4.79 Å². The Morgan fingerprint density at radius 3 is 2.67 bits per heavy atom. The summed E-state index contributed by atoms with van der Waals surface area (Å²) in [7, 11) is 1.73. The topological polar surface area (TPSA) is 40.5 Å². The zero-order valence-corrected chi connectivity index (χ0v) is 11.8. The second-order valence-electron chi connectivity index (χ2n) is 4.11. The highest BCUT2D eigenvalue weighted by Crippen LogP contribution is 2.26. The van der Waals surface area contributed by atoms with Crippen LogP contribution in [0.1, 0.15) is 29.6 Å². The van der Waals surface area contributed by atoms with Crippen molar-refractivity contribution in [2.45, 2.75) is 19.3 Å². The van der Waals surface area contributed by atoms with E-state index in [2.05, 4.69) is 0 Å². The lowest BCUT2D eigenvalue weighted by atomic mass is 10.2. The van der Waals surface area contributed by atoms with Crippen LogP contribution in [0.25, 0.3) is 0 Å². The Labute approximate surface area is 117 Å². The van der Waals surface area contributed by atoms with Crippen LogP contribution < -0.4 is 0 Å². The van der Waals surface area contributed by atoms with Gasteiger partial charge in [0.1, 0.15) is 0 Å². The number of aliphatic hydroxyl groups excluding tert-OH is 1. The summed E-state index contributed by atoms with van der Waals surface area (Å²) in [5, 5.41) is 9.36. The molecule has 0 aliphatic carbocycles. The molecule has 0 bridgehead atoms. The first-order valence-electron chi connectivity index (χ1n) is 5.88. The first kappa shape index (κ1) is 15.3. The summed E-state index contributed by atoms with van der Waals surface area (Å²) in [6.45, 7) is 0.833. The molecule has 5 heteroatoms. The minimum Gasteiger partial charge on any atom is -0.396 e. The SMILES string of the molecule is CN(CCCCCO)C(=O)c1cccc(Cl)c1Cl. The van der Waals surface area contributed by atoms with E-state index in [0.29, 0.717) is 22.2 Å². The van der Waals surface area contributed by atoms with Crippen LogP contribution in [0.15, 0.2) is 18.2 Å². The quantitative estimate of drug-likeness (QED) is 0.817. The number of unbranched alkanes of at least 4 members (excludes halogenated alkanes) is 2. The zero-order chi connectivity index (χ0) is 13.5. The van der Waals surface area contributed by atoms with Crippen molar-refractivity contribution >= 4 is 29.1 Å².